The van der Waals surface area contributed by atoms with Gasteiger partial charge in [-0.2, -0.15) is 0 Å². The molecule has 3 N–H and O–H groups in total. The summed E-state index contributed by atoms with van der Waals surface area (Å²) in [5, 5.41) is 21.0. The first-order chi connectivity index (χ1) is 8.71. The van der Waals surface area contributed by atoms with Gasteiger partial charge in [0.1, 0.15) is 5.75 Å². The second-order valence-corrected chi connectivity index (χ2v) is 4.29. The number of methoxy groups -OCH3 is 1. The molecule has 0 spiro atoms. The Morgan fingerprint density at radius 3 is 2.78 bits per heavy atom. The van der Waals surface area contributed by atoms with Crippen LogP contribution in [-0.2, 0) is 12.8 Å². The Labute approximate surface area is 109 Å². The standard InChI is InChI=1S/C14H23NO3/c1-3-11-4-5-14(18-2)12(8-11)6-7-15-9-13(17)10-16/h4-5,8,13,15-17H,3,6-7,9-10H2,1-2H3. The highest BCUT2D eigenvalue weighted by Gasteiger charge is 2.05. The highest BCUT2D eigenvalue weighted by atomic mass is 16.5. The average Bonchev–Trinajstić information content (AvgIpc) is 2.42. The van der Waals surface area contributed by atoms with Gasteiger partial charge >= 0.3 is 0 Å². The third-order valence-electron chi connectivity index (χ3n) is 2.91. The van der Waals surface area contributed by atoms with Crippen LogP contribution in [0, 0.1) is 0 Å². The van der Waals surface area contributed by atoms with Crippen LogP contribution in [0.2, 0.25) is 0 Å². The van der Waals surface area contributed by atoms with Gasteiger partial charge in [0.25, 0.3) is 0 Å². The zero-order chi connectivity index (χ0) is 13.4. The van der Waals surface area contributed by atoms with Crippen molar-refractivity contribution in [1.82, 2.24) is 5.32 Å². The second-order valence-electron chi connectivity index (χ2n) is 4.29. The molecule has 1 aromatic carbocycles. The van der Waals surface area contributed by atoms with Gasteiger partial charge in [0, 0.05) is 6.54 Å². The Morgan fingerprint density at radius 2 is 2.17 bits per heavy atom. The van der Waals surface area contributed by atoms with Gasteiger partial charge in [-0.15, -0.1) is 0 Å². The van der Waals surface area contributed by atoms with Gasteiger partial charge in [0.2, 0.25) is 0 Å². The number of aliphatic hydroxyl groups excluding tert-OH is 2. The van der Waals surface area contributed by atoms with Crippen molar-refractivity contribution < 1.29 is 14.9 Å². The van der Waals surface area contributed by atoms with Crippen molar-refractivity contribution in [3.8, 4) is 5.75 Å². The van der Waals surface area contributed by atoms with Crippen LogP contribution in [0.25, 0.3) is 0 Å². The van der Waals surface area contributed by atoms with E-state index in [0.717, 1.165) is 25.1 Å². The van der Waals surface area contributed by atoms with Crippen molar-refractivity contribution in [3.05, 3.63) is 29.3 Å². The minimum absolute atomic E-state index is 0.207. The van der Waals surface area contributed by atoms with E-state index in [1.807, 2.05) is 6.07 Å². The number of aryl methyl sites for hydroxylation is 1. The number of aliphatic hydroxyl groups is 2. The minimum atomic E-state index is -0.686. The molecule has 0 saturated carbocycles. The monoisotopic (exact) mass is 253 g/mol. The molecule has 0 saturated heterocycles. The van der Waals surface area contributed by atoms with Gasteiger partial charge < -0.3 is 20.3 Å². The van der Waals surface area contributed by atoms with E-state index in [2.05, 4.69) is 24.4 Å². The Hall–Kier alpha value is -1.10. The first-order valence-electron chi connectivity index (χ1n) is 6.36. The smallest absolute Gasteiger partial charge is 0.122 e. The summed E-state index contributed by atoms with van der Waals surface area (Å²) in [6.45, 7) is 3.08. The lowest BCUT2D eigenvalue weighted by Gasteiger charge is -2.12. The minimum Gasteiger partial charge on any atom is -0.496 e. The number of hydrogen-bond donors (Lipinski definition) is 3. The number of hydrogen-bond acceptors (Lipinski definition) is 4. The zero-order valence-electron chi connectivity index (χ0n) is 11.1. The predicted molar refractivity (Wildman–Crippen MR) is 72.0 cm³/mol. The third kappa shape index (κ3) is 4.64. The molecule has 1 unspecified atom stereocenters. The maximum Gasteiger partial charge on any atom is 0.122 e. The molecule has 0 radical (unpaired) electrons. The molecule has 0 bridgehead atoms. The molecule has 18 heavy (non-hydrogen) atoms. The van der Waals surface area contributed by atoms with E-state index in [9.17, 15) is 5.11 Å². The molecule has 0 aliphatic heterocycles. The Bertz CT molecular complexity index is 355. The number of ether oxygens (including phenoxy) is 1. The van der Waals surface area contributed by atoms with E-state index >= 15 is 0 Å². The summed E-state index contributed by atoms with van der Waals surface area (Å²) in [5.74, 6) is 0.900. The summed E-state index contributed by atoms with van der Waals surface area (Å²) in [6, 6.07) is 6.23. The van der Waals surface area contributed by atoms with Crippen LogP contribution in [0.1, 0.15) is 18.1 Å². The summed E-state index contributed by atoms with van der Waals surface area (Å²) in [6.07, 6.45) is 1.16. The molecule has 1 atom stereocenters. The fourth-order valence-corrected chi connectivity index (χ4v) is 1.80. The lowest BCUT2D eigenvalue weighted by atomic mass is 10.1. The Morgan fingerprint density at radius 1 is 1.39 bits per heavy atom. The van der Waals surface area contributed by atoms with Gasteiger partial charge in [0.15, 0.2) is 0 Å². The van der Waals surface area contributed by atoms with Crippen LogP contribution >= 0.6 is 0 Å². The average molecular weight is 253 g/mol. The van der Waals surface area contributed by atoms with Crippen molar-refractivity contribution in [2.45, 2.75) is 25.9 Å². The number of rotatable bonds is 8. The zero-order valence-corrected chi connectivity index (χ0v) is 11.1. The predicted octanol–water partition coefficient (Wildman–Crippen LogP) is 0.743. The lowest BCUT2D eigenvalue weighted by Crippen LogP contribution is -2.30. The maximum absolute atomic E-state index is 9.20. The normalized spacial score (nSPS) is 12.4. The molecule has 1 rings (SSSR count). The van der Waals surface area contributed by atoms with Crippen LogP contribution in [0.5, 0.6) is 5.75 Å². The van der Waals surface area contributed by atoms with Gasteiger partial charge in [-0.3, -0.25) is 0 Å². The molecule has 4 heteroatoms. The SMILES string of the molecule is CCc1ccc(OC)c(CCNCC(O)CO)c1. The van der Waals surface area contributed by atoms with Crippen LogP contribution in [0.15, 0.2) is 18.2 Å². The van der Waals surface area contributed by atoms with Gasteiger partial charge in [-0.25, -0.2) is 0 Å². The first kappa shape index (κ1) is 15.0. The molecule has 1 aromatic rings. The molecule has 102 valence electrons. The molecule has 0 amide bonds. The summed E-state index contributed by atoms with van der Waals surface area (Å²) in [4.78, 5) is 0. The fourth-order valence-electron chi connectivity index (χ4n) is 1.80. The molecule has 0 aliphatic rings. The summed E-state index contributed by atoms with van der Waals surface area (Å²) >= 11 is 0. The number of benzene rings is 1. The van der Waals surface area contributed by atoms with E-state index in [0.29, 0.717) is 6.54 Å². The molecule has 0 heterocycles. The highest BCUT2D eigenvalue weighted by Crippen LogP contribution is 2.20. The van der Waals surface area contributed by atoms with Crippen LogP contribution in [-0.4, -0.2) is 43.1 Å². The van der Waals surface area contributed by atoms with Crippen LogP contribution in [0.3, 0.4) is 0 Å². The maximum atomic E-state index is 9.20. The van der Waals surface area contributed by atoms with Gasteiger partial charge in [0.05, 0.1) is 19.8 Å². The van der Waals surface area contributed by atoms with E-state index in [1.54, 1.807) is 7.11 Å². The third-order valence-corrected chi connectivity index (χ3v) is 2.91. The molecular formula is C14H23NO3. The summed E-state index contributed by atoms with van der Waals surface area (Å²) in [5.41, 5.74) is 2.46. The van der Waals surface area contributed by atoms with E-state index in [4.69, 9.17) is 9.84 Å². The fraction of sp³-hybridized carbons (Fsp3) is 0.571. The van der Waals surface area contributed by atoms with E-state index < -0.39 is 6.10 Å². The highest BCUT2D eigenvalue weighted by molar-refractivity contribution is 5.37. The largest absolute Gasteiger partial charge is 0.496 e. The summed E-state index contributed by atoms with van der Waals surface area (Å²) in [7, 11) is 1.67. The molecule has 0 fully saturated rings. The van der Waals surface area contributed by atoms with E-state index in [1.165, 1.54) is 11.1 Å². The molecule has 0 aromatic heterocycles. The van der Waals surface area contributed by atoms with Crippen molar-refractivity contribution in [3.63, 3.8) is 0 Å². The second kappa shape index (κ2) is 8.08. The molecular weight excluding hydrogens is 230 g/mol. The Balaban J connectivity index is 2.49. The van der Waals surface area contributed by atoms with Gasteiger partial charge in [-0.05, 0) is 36.6 Å². The Kier molecular flexibility index (Phi) is 6.72. The van der Waals surface area contributed by atoms with Crippen molar-refractivity contribution in [2.75, 3.05) is 26.8 Å². The van der Waals surface area contributed by atoms with E-state index in [-0.39, 0.29) is 6.61 Å². The van der Waals surface area contributed by atoms with Crippen molar-refractivity contribution >= 4 is 0 Å². The molecule has 4 nitrogen and oxygen atoms in total. The van der Waals surface area contributed by atoms with Gasteiger partial charge in [-0.1, -0.05) is 19.1 Å². The van der Waals surface area contributed by atoms with Crippen molar-refractivity contribution in [1.29, 1.82) is 0 Å². The first-order valence-corrected chi connectivity index (χ1v) is 6.36. The van der Waals surface area contributed by atoms with Crippen LogP contribution < -0.4 is 10.1 Å². The van der Waals surface area contributed by atoms with Crippen LogP contribution in [0.4, 0.5) is 0 Å². The van der Waals surface area contributed by atoms with Crippen molar-refractivity contribution in [2.24, 2.45) is 0 Å². The lowest BCUT2D eigenvalue weighted by molar-refractivity contribution is 0.0947. The quantitative estimate of drug-likeness (QED) is 0.598. The molecule has 0 aliphatic carbocycles. The number of nitrogens with one attached hydrogen (secondary N) is 1. The summed E-state index contributed by atoms with van der Waals surface area (Å²) < 4.78 is 5.33. The topological polar surface area (TPSA) is 61.7 Å².